The van der Waals surface area contributed by atoms with Crippen LogP contribution >= 0.6 is 0 Å². The van der Waals surface area contributed by atoms with Crippen molar-refractivity contribution in [3.05, 3.63) is 0 Å². The highest BCUT2D eigenvalue weighted by molar-refractivity contribution is 5.85. The van der Waals surface area contributed by atoms with Crippen LogP contribution in [0.4, 0.5) is 0 Å². The van der Waals surface area contributed by atoms with Crippen molar-refractivity contribution >= 4 is 11.8 Å². The molecule has 114 valence electrons. The van der Waals surface area contributed by atoms with Crippen LogP contribution in [0.3, 0.4) is 0 Å². The fourth-order valence-electron chi connectivity index (χ4n) is 2.89. The van der Waals surface area contributed by atoms with Crippen molar-refractivity contribution in [3.63, 3.8) is 0 Å². The fourth-order valence-corrected chi connectivity index (χ4v) is 2.89. The van der Waals surface area contributed by atoms with Crippen molar-refractivity contribution in [1.29, 1.82) is 0 Å². The van der Waals surface area contributed by atoms with E-state index in [2.05, 4.69) is 0 Å². The summed E-state index contributed by atoms with van der Waals surface area (Å²) in [5.41, 5.74) is 0. The number of morpholine rings is 1. The summed E-state index contributed by atoms with van der Waals surface area (Å²) < 4.78 is 5.54. The van der Waals surface area contributed by atoms with Crippen molar-refractivity contribution in [1.82, 2.24) is 9.80 Å². The summed E-state index contributed by atoms with van der Waals surface area (Å²) in [7, 11) is 0. The third kappa shape index (κ3) is 3.95. The first-order valence-electron chi connectivity index (χ1n) is 7.77. The van der Waals surface area contributed by atoms with Crippen LogP contribution in [0, 0.1) is 0 Å². The molecule has 2 unspecified atom stereocenters. The molecule has 20 heavy (non-hydrogen) atoms. The van der Waals surface area contributed by atoms with E-state index >= 15 is 0 Å². The lowest BCUT2D eigenvalue weighted by Crippen LogP contribution is -2.53. The quantitative estimate of drug-likeness (QED) is 0.769. The predicted molar refractivity (Wildman–Crippen MR) is 76.3 cm³/mol. The Labute approximate surface area is 121 Å². The molecule has 0 saturated carbocycles. The van der Waals surface area contributed by atoms with Gasteiger partial charge in [0.1, 0.15) is 0 Å². The lowest BCUT2D eigenvalue weighted by molar-refractivity contribution is -0.148. The van der Waals surface area contributed by atoms with E-state index in [0.717, 1.165) is 32.2 Å². The Morgan fingerprint density at radius 2 is 2.00 bits per heavy atom. The topological polar surface area (TPSA) is 49.9 Å². The maximum absolute atomic E-state index is 12.4. The van der Waals surface area contributed by atoms with Crippen LogP contribution < -0.4 is 0 Å². The fraction of sp³-hybridized carbons (Fsp3) is 0.867. The molecule has 0 bridgehead atoms. The molecule has 0 spiro atoms. The monoisotopic (exact) mass is 282 g/mol. The molecule has 0 aliphatic carbocycles. The highest BCUT2D eigenvalue weighted by Crippen LogP contribution is 2.15. The number of hydrogen-bond acceptors (Lipinski definition) is 3. The Hall–Kier alpha value is -1.10. The maximum atomic E-state index is 12.4. The van der Waals surface area contributed by atoms with Crippen LogP contribution in [0.25, 0.3) is 0 Å². The minimum atomic E-state index is 0.0570. The number of carbonyl (C=O) groups excluding carboxylic acids is 2. The summed E-state index contributed by atoms with van der Waals surface area (Å²) in [6.45, 7) is 6.14. The lowest BCUT2D eigenvalue weighted by atomic mass is 10.1. The zero-order valence-electron chi connectivity index (χ0n) is 12.6. The van der Waals surface area contributed by atoms with E-state index in [9.17, 15) is 9.59 Å². The van der Waals surface area contributed by atoms with Crippen molar-refractivity contribution in [2.45, 2.75) is 58.1 Å². The van der Waals surface area contributed by atoms with E-state index in [1.165, 1.54) is 0 Å². The molecule has 2 rings (SSSR count). The van der Waals surface area contributed by atoms with Gasteiger partial charge in [-0.05, 0) is 26.7 Å². The van der Waals surface area contributed by atoms with Gasteiger partial charge in [-0.3, -0.25) is 9.59 Å². The number of nitrogens with zero attached hydrogens (tertiary/aromatic N) is 2. The van der Waals surface area contributed by atoms with Gasteiger partial charge < -0.3 is 14.5 Å². The molecular weight excluding hydrogens is 256 g/mol. The van der Waals surface area contributed by atoms with Gasteiger partial charge in [0, 0.05) is 19.5 Å². The molecule has 0 aromatic carbocycles. The third-order valence-corrected chi connectivity index (χ3v) is 4.18. The first-order chi connectivity index (χ1) is 9.58. The van der Waals surface area contributed by atoms with Gasteiger partial charge in [0.2, 0.25) is 11.8 Å². The van der Waals surface area contributed by atoms with Crippen LogP contribution in [0.2, 0.25) is 0 Å². The Morgan fingerprint density at radius 3 is 2.80 bits per heavy atom. The molecule has 5 nitrogen and oxygen atoms in total. The van der Waals surface area contributed by atoms with Crippen molar-refractivity contribution in [2.24, 2.45) is 0 Å². The van der Waals surface area contributed by atoms with Crippen LogP contribution in [-0.4, -0.2) is 60.0 Å². The second-order valence-corrected chi connectivity index (χ2v) is 6.02. The summed E-state index contributed by atoms with van der Waals surface area (Å²) >= 11 is 0. The van der Waals surface area contributed by atoms with Gasteiger partial charge in [-0.15, -0.1) is 0 Å². The minimum absolute atomic E-state index is 0.0570. The molecule has 2 amide bonds. The summed E-state index contributed by atoms with van der Waals surface area (Å²) in [6, 6.07) is 0.101. The van der Waals surface area contributed by atoms with E-state index in [4.69, 9.17) is 4.74 Å². The average molecular weight is 282 g/mol. The molecule has 2 aliphatic heterocycles. The Kier molecular flexibility index (Phi) is 5.40. The van der Waals surface area contributed by atoms with Crippen LogP contribution in [-0.2, 0) is 14.3 Å². The molecule has 2 aliphatic rings. The summed E-state index contributed by atoms with van der Waals surface area (Å²) in [6.07, 6.45) is 4.91. The minimum Gasteiger partial charge on any atom is -0.375 e. The maximum Gasteiger partial charge on any atom is 0.242 e. The largest absolute Gasteiger partial charge is 0.375 e. The Balaban J connectivity index is 1.92. The van der Waals surface area contributed by atoms with Gasteiger partial charge >= 0.3 is 0 Å². The van der Waals surface area contributed by atoms with Crippen LogP contribution in [0.5, 0.6) is 0 Å². The average Bonchev–Trinajstić information content (AvgIpc) is 2.41. The molecule has 2 atom stereocenters. The van der Waals surface area contributed by atoms with Gasteiger partial charge in [0.15, 0.2) is 0 Å². The van der Waals surface area contributed by atoms with Gasteiger partial charge in [-0.25, -0.2) is 0 Å². The van der Waals surface area contributed by atoms with E-state index in [-0.39, 0.29) is 30.5 Å². The second kappa shape index (κ2) is 7.07. The van der Waals surface area contributed by atoms with Crippen LogP contribution in [0.15, 0.2) is 0 Å². The van der Waals surface area contributed by atoms with E-state index in [1.807, 2.05) is 18.7 Å². The van der Waals surface area contributed by atoms with Gasteiger partial charge in [0.25, 0.3) is 0 Å². The molecular formula is C15H26N2O3. The van der Waals surface area contributed by atoms with Gasteiger partial charge in [0.05, 0.1) is 25.3 Å². The number of likely N-dealkylation sites (tertiary alicyclic amines) is 1. The smallest absolute Gasteiger partial charge is 0.242 e. The van der Waals surface area contributed by atoms with Crippen LogP contribution in [0.1, 0.15) is 46.0 Å². The molecule has 0 radical (unpaired) electrons. The SMILES string of the molecule is CC1CN(C(=O)CN2CCCCCCC2=O)C(C)CO1. The summed E-state index contributed by atoms with van der Waals surface area (Å²) in [4.78, 5) is 28.1. The first-order valence-corrected chi connectivity index (χ1v) is 7.77. The van der Waals surface area contributed by atoms with Crippen molar-refractivity contribution in [3.8, 4) is 0 Å². The van der Waals surface area contributed by atoms with Gasteiger partial charge in [-0.1, -0.05) is 12.8 Å². The van der Waals surface area contributed by atoms with E-state index in [1.54, 1.807) is 4.90 Å². The number of carbonyl (C=O) groups is 2. The van der Waals surface area contributed by atoms with E-state index < -0.39 is 0 Å². The van der Waals surface area contributed by atoms with E-state index in [0.29, 0.717) is 19.6 Å². The zero-order valence-corrected chi connectivity index (χ0v) is 12.6. The first kappa shape index (κ1) is 15.3. The molecule has 2 saturated heterocycles. The highest BCUT2D eigenvalue weighted by atomic mass is 16.5. The van der Waals surface area contributed by atoms with Crippen molar-refractivity contribution in [2.75, 3.05) is 26.2 Å². The summed E-state index contributed by atoms with van der Waals surface area (Å²) in [5, 5.41) is 0. The molecule has 0 aromatic heterocycles. The van der Waals surface area contributed by atoms with Crippen molar-refractivity contribution < 1.29 is 14.3 Å². The predicted octanol–water partition coefficient (Wildman–Crippen LogP) is 1.41. The molecule has 5 heteroatoms. The third-order valence-electron chi connectivity index (χ3n) is 4.18. The second-order valence-electron chi connectivity index (χ2n) is 6.02. The normalized spacial score (nSPS) is 29.0. The zero-order chi connectivity index (χ0) is 14.5. The molecule has 2 fully saturated rings. The lowest BCUT2D eigenvalue weighted by Gasteiger charge is -2.38. The summed E-state index contributed by atoms with van der Waals surface area (Å²) in [5.74, 6) is 0.189. The number of rotatable bonds is 2. The molecule has 0 aromatic rings. The van der Waals surface area contributed by atoms with Gasteiger partial charge in [-0.2, -0.15) is 0 Å². The number of hydrogen-bond donors (Lipinski definition) is 0. The number of amides is 2. The highest BCUT2D eigenvalue weighted by Gasteiger charge is 2.29. The molecule has 2 heterocycles. The Bertz CT molecular complexity index is 359. The Morgan fingerprint density at radius 1 is 1.25 bits per heavy atom. The molecule has 0 N–H and O–H groups in total. The number of ether oxygens (including phenoxy) is 1. The standard InChI is InChI=1S/C15H26N2O3/c1-12-11-20-13(2)9-17(12)15(19)10-16-8-6-4-3-5-7-14(16)18/h12-13H,3-11H2,1-2H3.